The fourth-order valence-electron chi connectivity index (χ4n) is 3.27. The monoisotopic (exact) mass is 338 g/mol. The molecule has 1 fully saturated rings. The summed E-state index contributed by atoms with van der Waals surface area (Å²) in [6.45, 7) is 9.07. The number of nitrogens with zero attached hydrogens (tertiary/aromatic N) is 3. The molecule has 3 rings (SSSR count). The summed E-state index contributed by atoms with van der Waals surface area (Å²) in [4.78, 5) is 23.4. The van der Waals surface area contributed by atoms with Gasteiger partial charge in [0, 0.05) is 12.0 Å². The normalized spacial score (nSPS) is 17.6. The second kappa shape index (κ2) is 6.82. The zero-order valence-electron chi connectivity index (χ0n) is 15.4. The molecule has 0 unspecified atom stereocenters. The van der Waals surface area contributed by atoms with Crippen LogP contribution in [0.2, 0.25) is 0 Å². The summed E-state index contributed by atoms with van der Waals surface area (Å²) in [6, 6.07) is 8.34. The fourth-order valence-corrected chi connectivity index (χ4v) is 3.27. The predicted molar refractivity (Wildman–Crippen MR) is 99.6 cm³/mol. The molecule has 1 N–H and O–H groups in total. The highest BCUT2D eigenvalue weighted by Gasteiger charge is 2.30. The number of urea groups is 1. The third-order valence-corrected chi connectivity index (χ3v) is 4.64. The Hall–Kier alpha value is -2.43. The van der Waals surface area contributed by atoms with Crippen molar-refractivity contribution in [3.63, 3.8) is 0 Å². The zero-order chi connectivity index (χ0) is 18.0. The van der Waals surface area contributed by atoms with Gasteiger partial charge in [0.05, 0.1) is 24.1 Å². The quantitative estimate of drug-likeness (QED) is 0.880. The van der Waals surface area contributed by atoms with Crippen LogP contribution in [0.3, 0.4) is 0 Å². The van der Waals surface area contributed by atoms with Gasteiger partial charge in [0.15, 0.2) is 0 Å². The van der Waals surface area contributed by atoms with Gasteiger partial charge in [0.2, 0.25) is 0 Å². The minimum atomic E-state index is -0.104. The van der Waals surface area contributed by atoms with Crippen molar-refractivity contribution in [2.24, 2.45) is 0 Å². The van der Waals surface area contributed by atoms with Crippen LogP contribution < -0.4 is 5.32 Å². The van der Waals surface area contributed by atoms with E-state index >= 15 is 0 Å². The van der Waals surface area contributed by atoms with Crippen molar-refractivity contribution >= 4 is 11.7 Å². The van der Waals surface area contributed by atoms with E-state index in [2.05, 4.69) is 55.1 Å². The summed E-state index contributed by atoms with van der Waals surface area (Å²) in [5, 5.41) is 2.94. The number of carbonyl (C=O) groups is 1. The van der Waals surface area contributed by atoms with Crippen LogP contribution in [0.15, 0.2) is 36.7 Å². The van der Waals surface area contributed by atoms with Gasteiger partial charge in [-0.05, 0) is 30.9 Å². The maximum absolute atomic E-state index is 12.8. The van der Waals surface area contributed by atoms with Crippen LogP contribution in [-0.4, -0.2) is 27.4 Å². The van der Waals surface area contributed by atoms with Crippen LogP contribution in [0.4, 0.5) is 10.5 Å². The van der Waals surface area contributed by atoms with Gasteiger partial charge in [-0.25, -0.2) is 14.8 Å². The predicted octanol–water partition coefficient (Wildman–Crippen LogP) is 4.45. The molecule has 0 saturated carbocycles. The number of amides is 2. The number of likely N-dealkylation sites (tertiary alicyclic amines) is 1. The number of rotatable bonds is 2. The van der Waals surface area contributed by atoms with Crippen LogP contribution in [0.1, 0.15) is 56.6 Å². The van der Waals surface area contributed by atoms with Crippen LogP contribution in [0.25, 0.3) is 0 Å². The first kappa shape index (κ1) is 17.4. The standard InChI is InChI=1S/C20H26N4O/c1-14-8-5-6-9-16(14)17-10-7-11-24(17)19(25)23-15-12-21-18(22-13-15)20(2,3)4/h5-6,8-9,12-13,17H,7,10-11H2,1-4H3,(H,23,25)/t17-/m0/s1. The van der Waals surface area contributed by atoms with E-state index in [1.54, 1.807) is 12.4 Å². The largest absolute Gasteiger partial charge is 0.322 e. The van der Waals surface area contributed by atoms with Gasteiger partial charge in [-0.3, -0.25) is 0 Å². The molecule has 5 heteroatoms. The van der Waals surface area contributed by atoms with Gasteiger partial charge in [-0.1, -0.05) is 45.0 Å². The van der Waals surface area contributed by atoms with Crippen LogP contribution in [-0.2, 0) is 5.41 Å². The first-order valence-electron chi connectivity index (χ1n) is 8.82. The maximum atomic E-state index is 12.8. The Kier molecular flexibility index (Phi) is 4.75. The van der Waals surface area contributed by atoms with E-state index in [4.69, 9.17) is 0 Å². The Morgan fingerprint density at radius 3 is 2.52 bits per heavy atom. The van der Waals surface area contributed by atoms with E-state index in [0.29, 0.717) is 5.69 Å². The van der Waals surface area contributed by atoms with Gasteiger partial charge in [-0.2, -0.15) is 0 Å². The number of aryl methyl sites for hydroxylation is 1. The molecule has 2 aromatic rings. The molecule has 1 aliphatic rings. The molecular formula is C20H26N4O. The van der Waals surface area contributed by atoms with Gasteiger partial charge >= 0.3 is 6.03 Å². The van der Waals surface area contributed by atoms with Crippen LogP contribution >= 0.6 is 0 Å². The van der Waals surface area contributed by atoms with Crippen molar-refractivity contribution in [1.29, 1.82) is 0 Å². The number of benzene rings is 1. The van der Waals surface area contributed by atoms with Crippen molar-refractivity contribution in [2.75, 3.05) is 11.9 Å². The molecule has 25 heavy (non-hydrogen) atoms. The van der Waals surface area contributed by atoms with Crippen molar-refractivity contribution < 1.29 is 4.79 Å². The lowest BCUT2D eigenvalue weighted by Crippen LogP contribution is -2.34. The third-order valence-electron chi connectivity index (χ3n) is 4.64. The molecule has 1 saturated heterocycles. The lowest BCUT2D eigenvalue weighted by molar-refractivity contribution is 0.207. The van der Waals surface area contributed by atoms with E-state index < -0.39 is 0 Å². The molecule has 0 bridgehead atoms. The van der Waals surface area contributed by atoms with Crippen molar-refractivity contribution in [3.8, 4) is 0 Å². The summed E-state index contributed by atoms with van der Waals surface area (Å²) in [7, 11) is 0. The Bertz CT molecular complexity index is 749. The Morgan fingerprint density at radius 1 is 1.20 bits per heavy atom. The highest BCUT2D eigenvalue weighted by Crippen LogP contribution is 2.34. The van der Waals surface area contributed by atoms with Crippen molar-refractivity contribution in [3.05, 3.63) is 53.6 Å². The molecule has 1 atom stereocenters. The average molecular weight is 338 g/mol. The molecule has 0 spiro atoms. The number of hydrogen-bond donors (Lipinski definition) is 1. The Morgan fingerprint density at radius 2 is 1.88 bits per heavy atom. The van der Waals surface area contributed by atoms with Crippen LogP contribution in [0, 0.1) is 6.92 Å². The number of nitrogens with one attached hydrogen (secondary N) is 1. The SMILES string of the molecule is Cc1ccccc1[C@@H]1CCCN1C(=O)Nc1cnc(C(C)(C)C)nc1. The zero-order valence-corrected chi connectivity index (χ0v) is 15.4. The smallest absolute Gasteiger partial charge is 0.317 e. The number of aromatic nitrogens is 2. The average Bonchev–Trinajstić information content (AvgIpc) is 3.04. The molecule has 2 heterocycles. The summed E-state index contributed by atoms with van der Waals surface area (Å²) >= 11 is 0. The summed E-state index contributed by atoms with van der Waals surface area (Å²) in [5.74, 6) is 0.768. The lowest BCUT2D eigenvalue weighted by Gasteiger charge is -2.26. The second-order valence-electron chi connectivity index (χ2n) is 7.68. The molecule has 1 aromatic heterocycles. The van der Waals surface area contributed by atoms with Crippen LogP contribution in [0.5, 0.6) is 0 Å². The highest BCUT2D eigenvalue weighted by atomic mass is 16.2. The number of anilines is 1. The lowest BCUT2D eigenvalue weighted by atomic mass is 9.96. The third kappa shape index (κ3) is 3.81. The molecule has 2 amide bonds. The highest BCUT2D eigenvalue weighted by molar-refractivity contribution is 5.89. The van der Waals surface area contributed by atoms with E-state index in [9.17, 15) is 4.79 Å². The molecule has 132 valence electrons. The molecule has 1 aliphatic heterocycles. The summed E-state index contributed by atoms with van der Waals surface area (Å²) < 4.78 is 0. The number of carbonyl (C=O) groups excluding carboxylic acids is 1. The van der Waals surface area contributed by atoms with Gasteiger partial charge in [0.1, 0.15) is 5.82 Å². The first-order valence-corrected chi connectivity index (χ1v) is 8.82. The molecular weight excluding hydrogens is 312 g/mol. The minimum absolute atomic E-state index is 0.0853. The summed E-state index contributed by atoms with van der Waals surface area (Å²) in [5.41, 5.74) is 2.99. The van der Waals surface area contributed by atoms with Crippen molar-refractivity contribution in [1.82, 2.24) is 14.9 Å². The van der Waals surface area contributed by atoms with E-state index in [1.165, 1.54) is 11.1 Å². The Labute approximate surface area is 149 Å². The molecule has 5 nitrogen and oxygen atoms in total. The maximum Gasteiger partial charge on any atom is 0.322 e. The van der Waals surface area contributed by atoms with E-state index in [1.807, 2.05) is 17.0 Å². The topological polar surface area (TPSA) is 58.1 Å². The first-order chi connectivity index (χ1) is 11.9. The van der Waals surface area contributed by atoms with Crippen molar-refractivity contribution in [2.45, 2.75) is 52.0 Å². The Balaban J connectivity index is 1.73. The molecule has 0 aliphatic carbocycles. The van der Waals surface area contributed by atoms with Gasteiger partial charge < -0.3 is 10.2 Å². The number of hydrogen-bond acceptors (Lipinski definition) is 3. The van der Waals surface area contributed by atoms with E-state index in [0.717, 1.165) is 25.2 Å². The minimum Gasteiger partial charge on any atom is -0.317 e. The summed E-state index contributed by atoms with van der Waals surface area (Å²) in [6.07, 6.45) is 5.39. The van der Waals surface area contributed by atoms with E-state index in [-0.39, 0.29) is 17.5 Å². The fraction of sp³-hybridized carbons (Fsp3) is 0.450. The molecule has 1 aromatic carbocycles. The molecule has 0 radical (unpaired) electrons. The van der Waals surface area contributed by atoms with Gasteiger partial charge in [-0.15, -0.1) is 0 Å². The van der Waals surface area contributed by atoms with Gasteiger partial charge in [0.25, 0.3) is 0 Å². The second-order valence-corrected chi connectivity index (χ2v) is 7.68.